The number of hydrogen-bond donors (Lipinski definition) is 2. The number of carbonyl (C=O) groups is 1. The third kappa shape index (κ3) is 3.31. The number of nitrogen functional groups attached to an aromatic ring is 1. The first kappa shape index (κ1) is 14.9. The third-order valence-corrected chi connectivity index (χ3v) is 3.48. The number of aromatic nitrogens is 2. The first-order valence-corrected chi connectivity index (χ1v) is 6.51. The number of nitrogens with zero attached hydrogens (tertiary/aromatic N) is 3. The van der Waals surface area contributed by atoms with Gasteiger partial charge in [0.25, 0.3) is 11.6 Å². The summed E-state index contributed by atoms with van der Waals surface area (Å²) < 4.78 is 0.803. The molecule has 0 aliphatic rings. The average molecular weight is 352 g/mol. The Morgan fingerprint density at radius 1 is 1.38 bits per heavy atom. The van der Waals surface area contributed by atoms with Gasteiger partial charge in [0.2, 0.25) is 0 Å². The summed E-state index contributed by atoms with van der Waals surface area (Å²) in [6.07, 6.45) is 2.54. The largest absolute Gasteiger partial charge is 0.383 e. The van der Waals surface area contributed by atoms with Gasteiger partial charge in [-0.05, 0) is 34.5 Å². The maximum Gasteiger partial charge on any atom is 0.288 e. The molecule has 1 amide bonds. The Bertz CT molecular complexity index is 735. The highest BCUT2D eigenvalue weighted by Crippen LogP contribution is 2.20. The number of nitrogens with two attached hydrogens (primary N) is 1. The van der Waals surface area contributed by atoms with Crippen LogP contribution in [0.4, 0.5) is 17.3 Å². The molecule has 0 unspecified atom stereocenters. The van der Waals surface area contributed by atoms with Crippen molar-refractivity contribution in [1.29, 1.82) is 0 Å². The number of halogens is 1. The molecule has 0 aromatic carbocycles. The lowest BCUT2D eigenvalue weighted by molar-refractivity contribution is -0.385. The predicted molar refractivity (Wildman–Crippen MR) is 79.9 cm³/mol. The molecule has 0 aliphatic heterocycles. The molecule has 0 saturated carbocycles. The molecular formula is C12H10BrN5O3. The van der Waals surface area contributed by atoms with Crippen LogP contribution in [0.2, 0.25) is 0 Å². The molecule has 0 spiro atoms. The van der Waals surface area contributed by atoms with E-state index in [9.17, 15) is 14.9 Å². The van der Waals surface area contributed by atoms with Crippen LogP contribution in [0.1, 0.15) is 15.9 Å². The SMILES string of the molecule is Cc1cc(NC(=O)c2cc([N+](=O)[O-])cnc2N)ncc1Br. The second kappa shape index (κ2) is 5.83. The van der Waals surface area contributed by atoms with Gasteiger partial charge in [0.05, 0.1) is 10.5 Å². The summed E-state index contributed by atoms with van der Waals surface area (Å²) in [5.74, 6) is -0.392. The van der Waals surface area contributed by atoms with Crippen molar-refractivity contribution >= 4 is 39.2 Å². The van der Waals surface area contributed by atoms with Crippen molar-refractivity contribution in [3.63, 3.8) is 0 Å². The van der Waals surface area contributed by atoms with Crippen molar-refractivity contribution in [1.82, 2.24) is 9.97 Å². The number of hydrogen-bond acceptors (Lipinski definition) is 6. The van der Waals surface area contributed by atoms with Crippen LogP contribution < -0.4 is 11.1 Å². The van der Waals surface area contributed by atoms with Crippen molar-refractivity contribution < 1.29 is 9.72 Å². The minimum Gasteiger partial charge on any atom is -0.383 e. The van der Waals surface area contributed by atoms with Gasteiger partial charge in [0.1, 0.15) is 17.8 Å². The Kier molecular flexibility index (Phi) is 4.13. The average Bonchev–Trinajstić information content (AvgIpc) is 2.43. The molecule has 0 radical (unpaired) electrons. The van der Waals surface area contributed by atoms with Gasteiger partial charge in [-0.25, -0.2) is 9.97 Å². The van der Waals surface area contributed by atoms with Gasteiger partial charge in [0.15, 0.2) is 0 Å². The smallest absolute Gasteiger partial charge is 0.288 e. The van der Waals surface area contributed by atoms with Crippen molar-refractivity contribution in [2.24, 2.45) is 0 Å². The first-order chi connectivity index (χ1) is 9.88. The standard InChI is InChI=1S/C12H10BrN5O3/c1-6-2-10(15-5-9(6)13)17-12(19)8-3-7(18(20)21)4-16-11(8)14/h2-5H,1H3,(H2,14,16)(H,15,17,19). The van der Waals surface area contributed by atoms with E-state index in [-0.39, 0.29) is 17.1 Å². The van der Waals surface area contributed by atoms with E-state index in [0.717, 1.165) is 22.3 Å². The van der Waals surface area contributed by atoms with E-state index in [1.54, 1.807) is 12.3 Å². The lowest BCUT2D eigenvalue weighted by Crippen LogP contribution is -2.16. The van der Waals surface area contributed by atoms with Crippen LogP contribution in [0.25, 0.3) is 0 Å². The van der Waals surface area contributed by atoms with Crippen LogP contribution in [0.3, 0.4) is 0 Å². The van der Waals surface area contributed by atoms with Gasteiger partial charge >= 0.3 is 0 Å². The minimum absolute atomic E-state index is 0.0772. The lowest BCUT2D eigenvalue weighted by Gasteiger charge is -2.07. The number of carbonyl (C=O) groups excluding carboxylic acids is 1. The topological polar surface area (TPSA) is 124 Å². The van der Waals surface area contributed by atoms with Crippen molar-refractivity contribution in [3.05, 3.63) is 50.2 Å². The van der Waals surface area contributed by atoms with Crippen LogP contribution in [0, 0.1) is 17.0 Å². The Morgan fingerprint density at radius 3 is 2.71 bits per heavy atom. The van der Waals surface area contributed by atoms with Gasteiger partial charge < -0.3 is 11.1 Å². The summed E-state index contributed by atoms with van der Waals surface area (Å²) >= 11 is 3.30. The third-order valence-electron chi connectivity index (χ3n) is 2.65. The van der Waals surface area contributed by atoms with E-state index < -0.39 is 10.8 Å². The zero-order chi connectivity index (χ0) is 15.6. The fourth-order valence-electron chi connectivity index (χ4n) is 1.54. The van der Waals surface area contributed by atoms with Crippen molar-refractivity contribution in [3.8, 4) is 0 Å². The molecule has 0 saturated heterocycles. The van der Waals surface area contributed by atoms with Gasteiger partial charge in [-0.1, -0.05) is 0 Å². The van der Waals surface area contributed by atoms with Crippen molar-refractivity contribution in [2.75, 3.05) is 11.1 Å². The molecule has 9 heteroatoms. The molecule has 2 heterocycles. The van der Waals surface area contributed by atoms with E-state index in [1.165, 1.54) is 0 Å². The number of rotatable bonds is 3. The van der Waals surface area contributed by atoms with E-state index in [2.05, 4.69) is 31.2 Å². The summed E-state index contributed by atoms with van der Waals surface area (Å²) in [6.45, 7) is 1.84. The van der Waals surface area contributed by atoms with Gasteiger partial charge in [-0.3, -0.25) is 14.9 Å². The molecule has 0 fully saturated rings. The van der Waals surface area contributed by atoms with Crippen LogP contribution in [-0.4, -0.2) is 20.8 Å². The summed E-state index contributed by atoms with van der Waals surface area (Å²) in [5, 5.41) is 13.2. The number of aryl methyl sites for hydroxylation is 1. The normalized spacial score (nSPS) is 10.2. The Morgan fingerprint density at radius 2 is 2.10 bits per heavy atom. The molecule has 3 N–H and O–H groups in total. The highest BCUT2D eigenvalue weighted by Gasteiger charge is 2.17. The highest BCUT2D eigenvalue weighted by atomic mass is 79.9. The minimum atomic E-state index is -0.648. The molecule has 108 valence electrons. The number of anilines is 2. The zero-order valence-corrected chi connectivity index (χ0v) is 12.4. The van der Waals surface area contributed by atoms with Gasteiger partial charge in [0, 0.05) is 16.7 Å². The Balaban J connectivity index is 2.29. The molecule has 2 rings (SSSR count). The zero-order valence-electron chi connectivity index (χ0n) is 10.8. The molecule has 8 nitrogen and oxygen atoms in total. The van der Waals surface area contributed by atoms with E-state index in [1.807, 2.05) is 6.92 Å². The molecule has 2 aromatic rings. The quantitative estimate of drug-likeness (QED) is 0.645. The number of pyridine rings is 2. The number of nitro groups is 1. The van der Waals surface area contributed by atoms with Gasteiger partial charge in [-0.15, -0.1) is 0 Å². The van der Waals surface area contributed by atoms with Crippen molar-refractivity contribution in [2.45, 2.75) is 6.92 Å². The predicted octanol–water partition coefficient (Wildman–Crippen LogP) is 2.29. The molecular weight excluding hydrogens is 342 g/mol. The maximum absolute atomic E-state index is 12.1. The van der Waals surface area contributed by atoms with Crippen LogP contribution in [0.15, 0.2) is 29.0 Å². The van der Waals surface area contributed by atoms with Crippen LogP contribution in [-0.2, 0) is 0 Å². The maximum atomic E-state index is 12.1. The molecule has 0 atom stereocenters. The van der Waals surface area contributed by atoms with E-state index in [4.69, 9.17) is 5.73 Å². The summed E-state index contributed by atoms with van der Waals surface area (Å²) in [7, 11) is 0. The molecule has 2 aromatic heterocycles. The lowest BCUT2D eigenvalue weighted by atomic mass is 10.2. The number of amides is 1. The Hall–Kier alpha value is -2.55. The van der Waals surface area contributed by atoms with E-state index >= 15 is 0 Å². The molecule has 21 heavy (non-hydrogen) atoms. The first-order valence-electron chi connectivity index (χ1n) is 5.72. The fraction of sp³-hybridized carbons (Fsp3) is 0.0833. The Labute approximate surface area is 127 Å². The summed E-state index contributed by atoms with van der Waals surface area (Å²) in [4.78, 5) is 29.8. The van der Waals surface area contributed by atoms with Crippen LogP contribution in [0.5, 0.6) is 0 Å². The monoisotopic (exact) mass is 351 g/mol. The van der Waals surface area contributed by atoms with Gasteiger partial charge in [-0.2, -0.15) is 0 Å². The summed E-state index contributed by atoms with van der Waals surface area (Å²) in [5.41, 5.74) is 6.07. The highest BCUT2D eigenvalue weighted by molar-refractivity contribution is 9.10. The second-order valence-electron chi connectivity index (χ2n) is 4.16. The second-order valence-corrected chi connectivity index (χ2v) is 5.01. The summed E-state index contributed by atoms with van der Waals surface area (Å²) in [6, 6.07) is 2.73. The molecule has 0 aliphatic carbocycles. The molecule has 0 bridgehead atoms. The fourth-order valence-corrected chi connectivity index (χ4v) is 1.75. The number of nitrogens with one attached hydrogen (secondary N) is 1. The van der Waals surface area contributed by atoms with Crippen LogP contribution >= 0.6 is 15.9 Å². The van der Waals surface area contributed by atoms with E-state index in [0.29, 0.717) is 5.82 Å².